The summed E-state index contributed by atoms with van der Waals surface area (Å²) in [6.07, 6.45) is 1.87. The van der Waals surface area contributed by atoms with Gasteiger partial charge in [-0.15, -0.1) is 0 Å². The maximum atomic E-state index is 13.9. The highest BCUT2D eigenvalue weighted by Gasteiger charge is 2.37. The Labute approximate surface area is 198 Å². The first-order valence-electron chi connectivity index (χ1n) is 9.77. The van der Waals surface area contributed by atoms with Crippen LogP contribution in [0.4, 0.5) is 4.39 Å². The van der Waals surface area contributed by atoms with Gasteiger partial charge >= 0.3 is 0 Å². The predicted molar refractivity (Wildman–Crippen MR) is 122 cm³/mol. The third kappa shape index (κ3) is 4.48. The molecule has 0 unspecified atom stereocenters. The minimum absolute atomic E-state index is 0.0681. The van der Waals surface area contributed by atoms with Gasteiger partial charge in [-0.2, -0.15) is 4.31 Å². The molecule has 2 heterocycles. The first kappa shape index (κ1) is 23.3. The van der Waals surface area contributed by atoms with Crippen molar-refractivity contribution in [2.24, 2.45) is 0 Å². The van der Waals surface area contributed by atoms with Crippen molar-refractivity contribution < 1.29 is 23.0 Å². The summed E-state index contributed by atoms with van der Waals surface area (Å²) in [5.74, 6) is -0.00806. The summed E-state index contributed by atoms with van der Waals surface area (Å²) in [6.45, 7) is -0.278. The van der Waals surface area contributed by atoms with E-state index in [-0.39, 0.29) is 35.8 Å². The molecule has 0 radical (unpaired) electrons. The van der Waals surface area contributed by atoms with Gasteiger partial charge in [-0.25, -0.2) is 17.8 Å². The third-order valence-electron chi connectivity index (χ3n) is 5.56. The van der Waals surface area contributed by atoms with E-state index in [0.717, 1.165) is 0 Å². The highest BCUT2D eigenvalue weighted by atomic mass is 79.9. The molecule has 170 valence electrons. The number of nitrogens with zero attached hydrogens (tertiary/aromatic N) is 2. The summed E-state index contributed by atoms with van der Waals surface area (Å²) < 4.78 is 41.9. The Hall–Kier alpha value is -1.82. The number of sulfonamides is 1. The van der Waals surface area contributed by atoms with E-state index >= 15 is 0 Å². The van der Waals surface area contributed by atoms with Crippen molar-refractivity contribution in [1.82, 2.24) is 14.3 Å². The summed E-state index contributed by atoms with van der Waals surface area (Å²) in [7, 11) is -3.93. The van der Waals surface area contributed by atoms with Crippen molar-refractivity contribution in [3.05, 3.63) is 57.9 Å². The number of rotatable bonds is 5. The summed E-state index contributed by atoms with van der Waals surface area (Å²) in [5.41, 5.74) is 0.305. The van der Waals surface area contributed by atoms with Gasteiger partial charge in [0.1, 0.15) is 16.5 Å². The molecule has 1 aliphatic heterocycles. The molecule has 2 aromatic carbocycles. The van der Waals surface area contributed by atoms with Gasteiger partial charge in [-0.05, 0) is 59.1 Å². The molecule has 1 aliphatic rings. The molecule has 1 fully saturated rings. The Balaban J connectivity index is 1.63. The number of nitrogens with one attached hydrogen (secondary N) is 1. The molecule has 0 amide bonds. The third-order valence-corrected chi connectivity index (χ3v) is 8.59. The van der Waals surface area contributed by atoms with Gasteiger partial charge in [0.05, 0.1) is 27.4 Å². The van der Waals surface area contributed by atoms with Crippen molar-refractivity contribution >= 4 is 37.6 Å². The molecule has 0 bridgehead atoms. The Bertz CT molecular complexity index is 1260. The Kier molecular flexibility index (Phi) is 6.45. The summed E-state index contributed by atoms with van der Waals surface area (Å²) in [5, 5.41) is 19.5. The maximum Gasteiger partial charge on any atom is 0.244 e. The molecule has 7 nitrogen and oxygen atoms in total. The molecule has 0 aliphatic carbocycles. The van der Waals surface area contributed by atoms with Crippen molar-refractivity contribution in [2.75, 3.05) is 19.7 Å². The van der Waals surface area contributed by atoms with Crippen molar-refractivity contribution in [1.29, 1.82) is 0 Å². The molecule has 0 saturated carbocycles. The van der Waals surface area contributed by atoms with E-state index in [1.807, 2.05) is 0 Å². The van der Waals surface area contributed by atoms with Crippen LogP contribution in [-0.2, 0) is 10.0 Å². The van der Waals surface area contributed by atoms with Crippen LogP contribution in [0, 0.1) is 5.82 Å². The Morgan fingerprint density at radius 1 is 1.19 bits per heavy atom. The van der Waals surface area contributed by atoms with Crippen LogP contribution < -0.4 is 0 Å². The molecule has 0 spiro atoms. The van der Waals surface area contributed by atoms with Crippen molar-refractivity contribution in [3.63, 3.8) is 0 Å². The van der Waals surface area contributed by atoms with E-state index in [2.05, 4.69) is 25.9 Å². The van der Waals surface area contributed by atoms with Gasteiger partial charge in [0, 0.05) is 30.4 Å². The zero-order chi connectivity index (χ0) is 23.1. The lowest BCUT2D eigenvalue weighted by molar-refractivity contribution is -0.0480. The van der Waals surface area contributed by atoms with Crippen LogP contribution in [0.25, 0.3) is 22.6 Å². The molecular formula is C21H20BrClFN3O4S. The van der Waals surface area contributed by atoms with E-state index < -0.39 is 28.0 Å². The summed E-state index contributed by atoms with van der Waals surface area (Å²) in [4.78, 5) is 7.39. The number of aliphatic hydroxyl groups is 2. The van der Waals surface area contributed by atoms with Crippen LogP contribution in [0.5, 0.6) is 0 Å². The normalized spacial score (nSPS) is 16.9. The molecule has 32 heavy (non-hydrogen) atoms. The number of aliphatic hydroxyl groups excluding tert-OH is 1. The average Bonchev–Trinajstić information content (AvgIpc) is 3.26. The van der Waals surface area contributed by atoms with Gasteiger partial charge < -0.3 is 15.2 Å². The number of hydrogen-bond donors (Lipinski definition) is 3. The fourth-order valence-electron chi connectivity index (χ4n) is 3.56. The highest BCUT2D eigenvalue weighted by Crippen LogP contribution is 2.33. The van der Waals surface area contributed by atoms with E-state index in [9.17, 15) is 23.0 Å². The van der Waals surface area contributed by atoms with Crippen LogP contribution in [0.1, 0.15) is 12.8 Å². The number of imidazole rings is 1. The number of H-pyrrole nitrogens is 1. The second kappa shape index (κ2) is 8.85. The fraction of sp³-hybridized carbons (Fsp3) is 0.286. The monoisotopic (exact) mass is 543 g/mol. The quantitative estimate of drug-likeness (QED) is 0.453. The molecule has 1 aromatic heterocycles. The first-order valence-corrected chi connectivity index (χ1v) is 12.4. The Morgan fingerprint density at radius 3 is 2.53 bits per heavy atom. The SMILES string of the molecule is O=S(=O)(c1cc(-c2nc(-c3ccc(Br)c(F)c3)c[nH]2)ccc1Cl)N1CCC(O)(CO)CC1. The smallest absolute Gasteiger partial charge is 0.244 e. The van der Waals surface area contributed by atoms with E-state index in [4.69, 9.17) is 11.6 Å². The standard InChI is InChI=1S/C21H20BrClFN3O4S/c22-15-3-1-13(9-17(15)24)18-11-25-20(26-18)14-2-4-16(23)19(10-14)32(30,31)27-7-5-21(29,12-28)6-8-27/h1-4,9-11,28-29H,5-8,12H2,(H,25,26). The fourth-order valence-corrected chi connectivity index (χ4v) is 5.75. The zero-order valence-electron chi connectivity index (χ0n) is 16.7. The molecule has 11 heteroatoms. The largest absolute Gasteiger partial charge is 0.393 e. The molecular weight excluding hydrogens is 525 g/mol. The van der Waals surface area contributed by atoms with Gasteiger partial charge in [0.25, 0.3) is 0 Å². The summed E-state index contributed by atoms with van der Waals surface area (Å²) in [6, 6.07) is 9.23. The van der Waals surface area contributed by atoms with Gasteiger partial charge in [0.15, 0.2) is 0 Å². The molecule has 0 atom stereocenters. The van der Waals surface area contributed by atoms with Crippen LogP contribution >= 0.6 is 27.5 Å². The van der Waals surface area contributed by atoms with E-state index in [1.165, 1.54) is 22.5 Å². The van der Waals surface area contributed by atoms with E-state index in [1.54, 1.807) is 24.4 Å². The Morgan fingerprint density at radius 2 is 1.88 bits per heavy atom. The first-order chi connectivity index (χ1) is 15.1. The lowest BCUT2D eigenvalue weighted by Gasteiger charge is -2.36. The number of piperidine rings is 1. The highest BCUT2D eigenvalue weighted by molar-refractivity contribution is 9.10. The van der Waals surface area contributed by atoms with Crippen LogP contribution in [0.2, 0.25) is 5.02 Å². The van der Waals surface area contributed by atoms with Gasteiger partial charge in [0.2, 0.25) is 10.0 Å². The number of halogens is 3. The molecule has 4 rings (SSSR count). The number of hydrogen-bond acceptors (Lipinski definition) is 5. The predicted octanol–water partition coefficient (Wildman–Crippen LogP) is 3.81. The maximum absolute atomic E-state index is 13.9. The topological polar surface area (TPSA) is 107 Å². The van der Waals surface area contributed by atoms with Crippen LogP contribution in [0.3, 0.4) is 0 Å². The molecule has 3 N–H and O–H groups in total. The second-order valence-corrected chi connectivity index (χ2v) is 10.9. The lowest BCUT2D eigenvalue weighted by atomic mass is 9.94. The number of aromatic nitrogens is 2. The van der Waals surface area contributed by atoms with Crippen molar-refractivity contribution in [3.8, 4) is 22.6 Å². The van der Waals surface area contributed by atoms with Crippen LogP contribution in [-0.4, -0.2) is 58.2 Å². The van der Waals surface area contributed by atoms with Crippen molar-refractivity contribution in [2.45, 2.75) is 23.3 Å². The lowest BCUT2D eigenvalue weighted by Crippen LogP contribution is -2.48. The zero-order valence-corrected chi connectivity index (χ0v) is 19.9. The molecule has 1 saturated heterocycles. The minimum Gasteiger partial charge on any atom is -0.393 e. The number of benzene rings is 2. The second-order valence-electron chi connectivity index (χ2n) is 7.69. The average molecular weight is 545 g/mol. The van der Waals surface area contributed by atoms with Crippen LogP contribution in [0.15, 0.2) is 52.0 Å². The number of aromatic amines is 1. The van der Waals surface area contributed by atoms with Gasteiger partial charge in [-0.3, -0.25) is 0 Å². The minimum atomic E-state index is -3.93. The van der Waals surface area contributed by atoms with Gasteiger partial charge in [-0.1, -0.05) is 17.7 Å². The molecule has 3 aromatic rings. The van der Waals surface area contributed by atoms with E-state index in [0.29, 0.717) is 27.1 Å². The summed E-state index contributed by atoms with van der Waals surface area (Å²) >= 11 is 9.35.